The van der Waals surface area contributed by atoms with E-state index in [4.69, 9.17) is 27.9 Å². The lowest BCUT2D eigenvalue weighted by atomic mass is 10.1. The fourth-order valence-corrected chi connectivity index (χ4v) is 4.20. The summed E-state index contributed by atoms with van der Waals surface area (Å²) in [6, 6.07) is 10.2. The van der Waals surface area contributed by atoms with Crippen molar-refractivity contribution in [2.24, 2.45) is 0 Å². The zero-order chi connectivity index (χ0) is 19.8. The van der Waals surface area contributed by atoms with Crippen molar-refractivity contribution in [2.45, 2.75) is 6.54 Å². The molecule has 0 amide bonds. The van der Waals surface area contributed by atoms with Crippen LogP contribution in [0.2, 0.25) is 9.49 Å². The van der Waals surface area contributed by atoms with Crippen molar-refractivity contribution in [1.29, 1.82) is 0 Å². The Morgan fingerprint density at radius 1 is 1.29 bits per heavy atom. The van der Waals surface area contributed by atoms with Gasteiger partial charge in [0.2, 0.25) is 0 Å². The molecule has 3 aromatic heterocycles. The van der Waals surface area contributed by atoms with E-state index in [1.54, 1.807) is 53.4 Å². The fourth-order valence-electron chi connectivity index (χ4n) is 3.07. The average Bonchev–Trinajstić information content (AvgIpc) is 3.10. The lowest BCUT2D eigenvalue weighted by molar-refractivity contribution is -0.532. The monoisotopic (exact) mass is 434 g/mol. The molecule has 0 atom stereocenters. The first-order chi connectivity index (χ1) is 13.5. The standard InChI is InChI=1S/C19H13Cl2N3O3S/c1-27-14-6-5-11(20)8-13(14)16-17(25)23-7-3-2-4-15(23)24(18(16)26)10-12-9-22-19(21)28-12/h2-9H,10H2,1H3/p+1. The molecule has 0 fully saturated rings. The van der Waals surface area contributed by atoms with Crippen LogP contribution in [0.1, 0.15) is 4.88 Å². The van der Waals surface area contributed by atoms with E-state index in [1.165, 1.54) is 22.8 Å². The number of aromatic hydroxyl groups is 1. The number of pyridine rings is 1. The van der Waals surface area contributed by atoms with Gasteiger partial charge in [-0.25, -0.2) is 9.78 Å². The van der Waals surface area contributed by atoms with Gasteiger partial charge in [-0.1, -0.05) is 29.3 Å². The maximum atomic E-state index is 13.2. The molecular formula is C19H14Cl2N3O3S+. The van der Waals surface area contributed by atoms with Crippen LogP contribution < -0.4 is 14.7 Å². The molecular weight excluding hydrogens is 421 g/mol. The van der Waals surface area contributed by atoms with Crippen LogP contribution in [-0.4, -0.2) is 21.8 Å². The molecule has 0 aliphatic carbocycles. The van der Waals surface area contributed by atoms with Crippen LogP contribution in [0.25, 0.3) is 16.8 Å². The number of hydrogen-bond acceptors (Lipinski definition) is 5. The van der Waals surface area contributed by atoms with E-state index in [0.29, 0.717) is 33.0 Å². The SMILES string of the molecule is COc1ccc(Cl)cc1-c1c(O)n(Cc2cnc(Cl)s2)c2cccc[n+]2c1=O. The van der Waals surface area contributed by atoms with Crippen molar-refractivity contribution in [3.05, 3.63) is 73.5 Å². The highest BCUT2D eigenvalue weighted by Gasteiger charge is 2.27. The molecule has 3 heterocycles. The highest BCUT2D eigenvalue weighted by Crippen LogP contribution is 2.35. The van der Waals surface area contributed by atoms with Gasteiger partial charge in [0, 0.05) is 22.8 Å². The largest absolute Gasteiger partial charge is 0.496 e. The molecule has 4 rings (SSSR count). The molecule has 0 saturated carbocycles. The normalized spacial score (nSPS) is 11.1. The van der Waals surface area contributed by atoms with Gasteiger partial charge < -0.3 is 9.84 Å². The first-order valence-corrected chi connectivity index (χ1v) is 9.77. The van der Waals surface area contributed by atoms with Gasteiger partial charge in [0.25, 0.3) is 11.5 Å². The van der Waals surface area contributed by atoms with E-state index in [9.17, 15) is 9.90 Å². The van der Waals surface area contributed by atoms with Gasteiger partial charge in [0.05, 0.1) is 18.2 Å². The third-order valence-electron chi connectivity index (χ3n) is 4.30. The number of fused-ring (bicyclic) bond motifs is 1. The van der Waals surface area contributed by atoms with E-state index >= 15 is 0 Å². The molecule has 28 heavy (non-hydrogen) atoms. The van der Waals surface area contributed by atoms with Gasteiger partial charge >= 0.3 is 5.56 Å². The Bertz CT molecular complexity index is 1250. The van der Waals surface area contributed by atoms with Crippen LogP contribution in [0.3, 0.4) is 0 Å². The molecule has 0 spiro atoms. The fraction of sp³-hybridized carbons (Fsp3) is 0.105. The first kappa shape index (κ1) is 18.7. The van der Waals surface area contributed by atoms with Crippen molar-refractivity contribution < 1.29 is 14.2 Å². The summed E-state index contributed by atoms with van der Waals surface area (Å²) in [6.45, 7) is 0.292. The van der Waals surface area contributed by atoms with Crippen molar-refractivity contribution in [1.82, 2.24) is 9.55 Å². The van der Waals surface area contributed by atoms with E-state index < -0.39 is 0 Å². The molecule has 0 bridgehead atoms. The zero-order valence-corrected chi connectivity index (χ0v) is 16.9. The van der Waals surface area contributed by atoms with Crippen LogP contribution in [-0.2, 0) is 6.54 Å². The molecule has 9 heteroatoms. The van der Waals surface area contributed by atoms with E-state index in [1.807, 2.05) is 0 Å². The third kappa shape index (κ3) is 3.22. The molecule has 0 aliphatic rings. The Morgan fingerprint density at radius 2 is 2.11 bits per heavy atom. The molecule has 6 nitrogen and oxygen atoms in total. The lowest BCUT2D eigenvalue weighted by Crippen LogP contribution is -2.43. The van der Waals surface area contributed by atoms with E-state index in [0.717, 1.165) is 4.88 Å². The predicted octanol–water partition coefficient (Wildman–Crippen LogP) is 3.78. The minimum Gasteiger partial charge on any atom is -0.496 e. The van der Waals surface area contributed by atoms with E-state index in [2.05, 4.69) is 4.98 Å². The Morgan fingerprint density at radius 3 is 2.82 bits per heavy atom. The van der Waals surface area contributed by atoms with Gasteiger partial charge in [0.15, 0.2) is 10.0 Å². The summed E-state index contributed by atoms with van der Waals surface area (Å²) in [5, 5.41) is 11.5. The molecule has 142 valence electrons. The van der Waals surface area contributed by atoms with Gasteiger partial charge in [-0.2, -0.15) is 8.97 Å². The Hall–Kier alpha value is -2.61. The highest BCUT2D eigenvalue weighted by molar-refractivity contribution is 7.15. The van der Waals surface area contributed by atoms with Gasteiger partial charge in [-0.15, -0.1) is 11.3 Å². The predicted molar refractivity (Wildman–Crippen MR) is 109 cm³/mol. The number of ether oxygens (including phenoxy) is 1. The first-order valence-electron chi connectivity index (χ1n) is 8.20. The zero-order valence-electron chi connectivity index (χ0n) is 14.6. The summed E-state index contributed by atoms with van der Waals surface area (Å²) in [4.78, 5) is 18.1. The number of rotatable bonds is 4. The van der Waals surface area contributed by atoms with Gasteiger partial charge in [-0.3, -0.25) is 0 Å². The second-order valence-corrected chi connectivity index (χ2v) is 8.08. The smallest absolute Gasteiger partial charge is 0.354 e. The molecule has 0 saturated heterocycles. The number of benzene rings is 1. The maximum absolute atomic E-state index is 13.2. The van der Waals surface area contributed by atoms with Crippen molar-refractivity contribution in [3.8, 4) is 22.8 Å². The van der Waals surface area contributed by atoms with E-state index in [-0.39, 0.29) is 17.0 Å². The molecule has 4 aromatic rings. The number of methoxy groups -OCH3 is 1. The second-order valence-electron chi connectivity index (χ2n) is 5.94. The quantitative estimate of drug-likeness (QED) is 0.496. The summed E-state index contributed by atoms with van der Waals surface area (Å²) >= 11 is 13.4. The van der Waals surface area contributed by atoms with Crippen molar-refractivity contribution in [2.75, 3.05) is 7.11 Å². The van der Waals surface area contributed by atoms with Crippen molar-refractivity contribution in [3.63, 3.8) is 0 Å². The van der Waals surface area contributed by atoms with Crippen LogP contribution >= 0.6 is 34.5 Å². The second kappa shape index (κ2) is 7.43. The molecule has 1 N–H and O–H groups in total. The third-order valence-corrected chi connectivity index (χ3v) is 5.63. The number of nitrogens with zero attached hydrogens (tertiary/aromatic N) is 3. The molecule has 0 radical (unpaired) electrons. The summed E-state index contributed by atoms with van der Waals surface area (Å²) < 4.78 is 8.89. The van der Waals surface area contributed by atoms with Crippen molar-refractivity contribution >= 4 is 40.2 Å². The lowest BCUT2D eigenvalue weighted by Gasteiger charge is -2.12. The number of aromatic nitrogens is 3. The number of halogens is 2. The topological polar surface area (TPSA) is 68.5 Å². The number of hydrogen-bond donors (Lipinski definition) is 1. The summed E-state index contributed by atoms with van der Waals surface area (Å²) in [7, 11) is 1.50. The minimum atomic E-state index is -0.382. The molecule has 0 aliphatic heterocycles. The van der Waals surface area contributed by atoms with Crippen LogP contribution in [0.4, 0.5) is 0 Å². The summed E-state index contributed by atoms with van der Waals surface area (Å²) in [5.74, 6) is 0.237. The van der Waals surface area contributed by atoms with Gasteiger partial charge in [-0.05, 0) is 24.3 Å². The molecule has 0 unspecified atom stereocenters. The summed E-state index contributed by atoms with van der Waals surface area (Å²) in [6.07, 6.45) is 3.29. The number of thiazole rings is 1. The Balaban J connectivity index is 2.05. The average molecular weight is 435 g/mol. The summed E-state index contributed by atoms with van der Waals surface area (Å²) in [5.41, 5.74) is 0.650. The van der Waals surface area contributed by atoms with Crippen LogP contribution in [0.15, 0.2) is 53.6 Å². The Labute approximate surface area is 173 Å². The maximum Gasteiger partial charge on any atom is 0.354 e. The van der Waals surface area contributed by atoms with Crippen LogP contribution in [0.5, 0.6) is 11.6 Å². The molecule has 1 aromatic carbocycles. The van der Waals surface area contributed by atoms with Gasteiger partial charge in [0.1, 0.15) is 12.3 Å². The minimum absolute atomic E-state index is 0.0960. The Kier molecular flexibility index (Phi) is 4.97. The van der Waals surface area contributed by atoms with Crippen LogP contribution in [0, 0.1) is 0 Å². The highest BCUT2D eigenvalue weighted by atomic mass is 35.5.